The molecule has 0 bridgehead atoms. The summed E-state index contributed by atoms with van der Waals surface area (Å²) in [4.78, 5) is 13.0. The number of carbonyl (C=O) groups is 1. The van der Waals surface area contributed by atoms with Crippen LogP contribution in [0, 0.1) is 0 Å². The Balaban J connectivity index is 1.77. The molecular formula is C14H20N2OS. The van der Waals surface area contributed by atoms with Crippen molar-refractivity contribution in [2.24, 2.45) is 0 Å². The van der Waals surface area contributed by atoms with Gasteiger partial charge >= 0.3 is 0 Å². The van der Waals surface area contributed by atoms with Crippen LogP contribution >= 0.6 is 11.8 Å². The van der Waals surface area contributed by atoms with Crippen molar-refractivity contribution in [2.75, 3.05) is 18.1 Å². The lowest BCUT2D eigenvalue weighted by Gasteiger charge is -2.13. The molecule has 4 heteroatoms. The van der Waals surface area contributed by atoms with Gasteiger partial charge in [-0.15, -0.1) is 11.8 Å². The Kier molecular flexibility index (Phi) is 4.93. The summed E-state index contributed by atoms with van der Waals surface area (Å²) in [5, 5.41) is 6.24. The molecule has 1 amide bonds. The molecule has 0 unspecified atom stereocenters. The molecule has 0 spiro atoms. The summed E-state index contributed by atoms with van der Waals surface area (Å²) < 4.78 is 0. The van der Waals surface area contributed by atoms with E-state index in [2.05, 4.69) is 22.8 Å². The highest BCUT2D eigenvalue weighted by atomic mass is 32.2. The largest absolute Gasteiger partial charge is 0.376 e. The Morgan fingerprint density at radius 2 is 2.17 bits per heavy atom. The van der Waals surface area contributed by atoms with E-state index in [1.807, 2.05) is 18.4 Å². The zero-order chi connectivity index (χ0) is 12.8. The Morgan fingerprint density at radius 3 is 2.89 bits per heavy atom. The van der Waals surface area contributed by atoms with Crippen molar-refractivity contribution in [3.63, 3.8) is 0 Å². The van der Waals surface area contributed by atoms with E-state index in [4.69, 9.17) is 0 Å². The lowest BCUT2D eigenvalue weighted by molar-refractivity contribution is -0.120. The highest BCUT2D eigenvalue weighted by Gasteiger charge is 2.16. The van der Waals surface area contributed by atoms with Crippen LogP contribution in [-0.2, 0) is 4.79 Å². The standard InChI is InChI=1S/C14H20N2OS/c1-18-13-8-4-7-12(9-13)15-10-14(17)16-11-5-2-3-6-11/h4,7-9,11,15H,2-3,5-6,10H2,1H3,(H,16,17). The molecule has 0 saturated heterocycles. The first-order chi connectivity index (χ1) is 8.78. The van der Waals surface area contributed by atoms with Crippen molar-refractivity contribution in [3.05, 3.63) is 24.3 Å². The minimum Gasteiger partial charge on any atom is -0.376 e. The van der Waals surface area contributed by atoms with E-state index in [1.54, 1.807) is 11.8 Å². The van der Waals surface area contributed by atoms with E-state index in [-0.39, 0.29) is 5.91 Å². The van der Waals surface area contributed by atoms with E-state index in [0.29, 0.717) is 12.6 Å². The molecule has 0 atom stereocenters. The van der Waals surface area contributed by atoms with Crippen LogP contribution in [0.5, 0.6) is 0 Å². The SMILES string of the molecule is CSc1cccc(NCC(=O)NC2CCCC2)c1. The summed E-state index contributed by atoms with van der Waals surface area (Å²) in [5.74, 6) is 0.0939. The number of anilines is 1. The quantitative estimate of drug-likeness (QED) is 0.804. The van der Waals surface area contributed by atoms with Crippen molar-refractivity contribution in [1.82, 2.24) is 5.32 Å². The zero-order valence-corrected chi connectivity index (χ0v) is 11.6. The molecule has 1 saturated carbocycles. The van der Waals surface area contributed by atoms with Gasteiger partial charge in [-0.25, -0.2) is 0 Å². The second kappa shape index (κ2) is 6.69. The molecule has 1 aliphatic carbocycles. The van der Waals surface area contributed by atoms with Gasteiger partial charge in [-0.3, -0.25) is 4.79 Å². The fourth-order valence-corrected chi connectivity index (χ4v) is 2.72. The van der Waals surface area contributed by atoms with Crippen molar-refractivity contribution in [2.45, 2.75) is 36.6 Å². The molecule has 0 heterocycles. The normalized spacial score (nSPS) is 15.6. The number of amides is 1. The van der Waals surface area contributed by atoms with Crippen LogP contribution in [0.3, 0.4) is 0 Å². The Hall–Kier alpha value is -1.16. The number of nitrogens with one attached hydrogen (secondary N) is 2. The summed E-state index contributed by atoms with van der Waals surface area (Å²) in [6.45, 7) is 0.355. The number of thioether (sulfide) groups is 1. The molecule has 0 aliphatic heterocycles. The summed E-state index contributed by atoms with van der Waals surface area (Å²) >= 11 is 1.70. The number of carbonyl (C=O) groups excluding carboxylic acids is 1. The zero-order valence-electron chi connectivity index (χ0n) is 10.7. The topological polar surface area (TPSA) is 41.1 Å². The number of hydrogen-bond acceptors (Lipinski definition) is 3. The van der Waals surface area contributed by atoms with E-state index in [1.165, 1.54) is 17.7 Å². The third kappa shape index (κ3) is 3.95. The van der Waals surface area contributed by atoms with Gasteiger partial charge in [-0.1, -0.05) is 18.9 Å². The van der Waals surface area contributed by atoms with E-state index >= 15 is 0 Å². The predicted octanol–water partition coefficient (Wildman–Crippen LogP) is 2.88. The van der Waals surface area contributed by atoms with Gasteiger partial charge < -0.3 is 10.6 Å². The maximum atomic E-state index is 11.7. The summed E-state index contributed by atoms with van der Waals surface area (Å²) in [6, 6.07) is 8.52. The number of rotatable bonds is 5. The Labute approximate surface area is 113 Å². The smallest absolute Gasteiger partial charge is 0.239 e. The van der Waals surface area contributed by atoms with Crippen LogP contribution in [-0.4, -0.2) is 24.7 Å². The molecule has 3 nitrogen and oxygen atoms in total. The third-order valence-corrected chi connectivity index (χ3v) is 3.97. The minimum absolute atomic E-state index is 0.0939. The molecular weight excluding hydrogens is 244 g/mol. The molecule has 98 valence electrons. The molecule has 1 fully saturated rings. The average molecular weight is 264 g/mol. The van der Waals surface area contributed by atoms with Crippen molar-refractivity contribution >= 4 is 23.4 Å². The molecule has 1 aromatic rings. The predicted molar refractivity (Wildman–Crippen MR) is 77.1 cm³/mol. The molecule has 1 aromatic carbocycles. The lowest BCUT2D eigenvalue weighted by Crippen LogP contribution is -2.36. The Morgan fingerprint density at radius 1 is 1.39 bits per heavy atom. The van der Waals surface area contributed by atoms with Gasteiger partial charge in [0.2, 0.25) is 5.91 Å². The minimum atomic E-state index is 0.0939. The lowest BCUT2D eigenvalue weighted by atomic mass is 10.2. The van der Waals surface area contributed by atoms with Gasteiger partial charge in [0.1, 0.15) is 0 Å². The highest BCUT2D eigenvalue weighted by Crippen LogP contribution is 2.19. The summed E-state index contributed by atoms with van der Waals surface area (Å²) in [5.41, 5.74) is 1.00. The van der Waals surface area contributed by atoms with Crippen LogP contribution in [0.2, 0.25) is 0 Å². The second-order valence-electron chi connectivity index (χ2n) is 4.63. The molecule has 18 heavy (non-hydrogen) atoms. The number of benzene rings is 1. The summed E-state index contributed by atoms with van der Waals surface area (Å²) in [7, 11) is 0. The second-order valence-corrected chi connectivity index (χ2v) is 5.51. The van der Waals surface area contributed by atoms with Gasteiger partial charge in [-0.2, -0.15) is 0 Å². The maximum absolute atomic E-state index is 11.7. The number of hydrogen-bond donors (Lipinski definition) is 2. The van der Waals surface area contributed by atoms with E-state index < -0.39 is 0 Å². The molecule has 1 aliphatic rings. The van der Waals surface area contributed by atoms with Gasteiger partial charge in [0.15, 0.2) is 0 Å². The van der Waals surface area contributed by atoms with Gasteiger partial charge in [0.05, 0.1) is 6.54 Å². The van der Waals surface area contributed by atoms with Crippen LogP contribution in [0.1, 0.15) is 25.7 Å². The van der Waals surface area contributed by atoms with Gasteiger partial charge in [0, 0.05) is 16.6 Å². The van der Waals surface area contributed by atoms with Crippen LogP contribution in [0.25, 0.3) is 0 Å². The molecule has 2 N–H and O–H groups in total. The highest BCUT2D eigenvalue weighted by molar-refractivity contribution is 7.98. The molecule has 2 rings (SSSR count). The first kappa shape index (κ1) is 13.3. The Bertz CT molecular complexity index is 403. The van der Waals surface area contributed by atoms with Gasteiger partial charge in [-0.05, 0) is 37.3 Å². The van der Waals surface area contributed by atoms with Crippen LogP contribution in [0.15, 0.2) is 29.2 Å². The average Bonchev–Trinajstić information content (AvgIpc) is 2.89. The fourth-order valence-electron chi connectivity index (χ4n) is 2.26. The van der Waals surface area contributed by atoms with Gasteiger partial charge in [0.25, 0.3) is 0 Å². The monoisotopic (exact) mass is 264 g/mol. The molecule has 0 radical (unpaired) electrons. The first-order valence-electron chi connectivity index (χ1n) is 6.45. The van der Waals surface area contributed by atoms with E-state index in [9.17, 15) is 4.79 Å². The van der Waals surface area contributed by atoms with Crippen molar-refractivity contribution in [3.8, 4) is 0 Å². The van der Waals surface area contributed by atoms with E-state index in [0.717, 1.165) is 18.5 Å². The maximum Gasteiger partial charge on any atom is 0.239 e. The summed E-state index contributed by atoms with van der Waals surface area (Å²) in [6.07, 6.45) is 6.80. The van der Waals surface area contributed by atoms with Crippen LogP contribution in [0.4, 0.5) is 5.69 Å². The fraction of sp³-hybridized carbons (Fsp3) is 0.500. The molecule has 0 aromatic heterocycles. The first-order valence-corrected chi connectivity index (χ1v) is 7.67. The third-order valence-electron chi connectivity index (χ3n) is 3.24. The van der Waals surface area contributed by atoms with Crippen molar-refractivity contribution in [1.29, 1.82) is 0 Å². The van der Waals surface area contributed by atoms with Crippen molar-refractivity contribution < 1.29 is 4.79 Å². The van der Waals surface area contributed by atoms with Crippen LogP contribution < -0.4 is 10.6 Å².